The molecule has 4 rings (SSSR count). The predicted octanol–water partition coefficient (Wildman–Crippen LogP) is 3.59. The fourth-order valence-corrected chi connectivity index (χ4v) is 5.47. The van der Waals surface area contributed by atoms with Gasteiger partial charge >= 0.3 is 0 Å². The summed E-state index contributed by atoms with van der Waals surface area (Å²) >= 11 is 1.76. The number of aliphatic hydroxyl groups is 1. The molecule has 0 bridgehead atoms. The number of benzene rings is 1. The maximum Gasteiger partial charge on any atom is 0.197 e. The zero-order valence-electron chi connectivity index (χ0n) is 15.0. The first-order valence-corrected chi connectivity index (χ1v) is 9.98. The Morgan fingerprint density at radius 2 is 1.81 bits per heavy atom. The second kappa shape index (κ2) is 6.51. The number of carbonyl (C=O) groups excluding carboxylic acids is 2. The Morgan fingerprint density at radius 1 is 1.15 bits per heavy atom. The van der Waals surface area contributed by atoms with E-state index in [2.05, 4.69) is 0 Å². The smallest absolute Gasteiger partial charge is 0.197 e. The molecule has 1 N–H and O–H groups in total. The van der Waals surface area contributed by atoms with Crippen LogP contribution < -0.4 is 0 Å². The summed E-state index contributed by atoms with van der Waals surface area (Å²) in [4.78, 5) is 25.6. The van der Waals surface area contributed by atoms with Crippen LogP contribution in [0.5, 0.6) is 0 Å². The first-order chi connectivity index (χ1) is 12.4. The number of rotatable bonds is 1. The molecule has 1 aliphatic carbocycles. The monoisotopic (exact) mass is 374 g/mol. The fourth-order valence-electron chi connectivity index (χ4n) is 4.15. The van der Waals surface area contributed by atoms with E-state index >= 15 is 0 Å². The van der Waals surface area contributed by atoms with Gasteiger partial charge in [0.25, 0.3) is 0 Å². The molecule has 0 amide bonds. The second-order valence-corrected chi connectivity index (χ2v) is 8.15. The molecule has 2 heterocycles. The number of allylic oxidation sites excluding steroid dienone is 1. The average Bonchev–Trinajstić information content (AvgIpc) is 3.06. The van der Waals surface area contributed by atoms with Crippen molar-refractivity contribution in [3.63, 3.8) is 0 Å². The van der Waals surface area contributed by atoms with Gasteiger partial charge in [0.15, 0.2) is 17.4 Å². The van der Waals surface area contributed by atoms with E-state index in [4.69, 9.17) is 9.47 Å². The van der Waals surface area contributed by atoms with E-state index in [0.717, 1.165) is 33.8 Å². The molecule has 1 aromatic carbocycles. The van der Waals surface area contributed by atoms with Crippen molar-refractivity contribution in [2.45, 2.75) is 50.2 Å². The predicted molar refractivity (Wildman–Crippen MR) is 98.3 cm³/mol. The highest BCUT2D eigenvalue weighted by atomic mass is 32.2. The van der Waals surface area contributed by atoms with Crippen molar-refractivity contribution >= 4 is 29.1 Å². The molecule has 1 aromatic rings. The van der Waals surface area contributed by atoms with Crippen LogP contribution in [0.2, 0.25) is 0 Å². The number of aliphatic hydroxyl groups excluding tert-OH is 1. The Hall–Kier alpha value is -1.63. The van der Waals surface area contributed by atoms with Gasteiger partial charge in [0.1, 0.15) is 11.3 Å². The second-order valence-electron chi connectivity index (χ2n) is 7.04. The molecule has 6 heteroatoms. The summed E-state index contributed by atoms with van der Waals surface area (Å²) < 4.78 is 12.0. The molecule has 2 fully saturated rings. The Morgan fingerprint density at radius 3 is 2.46 bits per heavy atom. The molecule has 5 nitrogen and oxygen atoms in total. The largest absolute Gasteiger partial charge is 0.506 e. The van der Waals surface area contributed by atoms with Gasteiger partial charge in [0.05, 0.1) is 13.2 Å². The number of hydrogen-bond donors (Lipinski definition) is 1. The Labute approximate surface area is 156 Å². The van der Waals surface area contributed by atoms with E-state index in [1.165, 1.54) is 0 Å². The van der Waals surface area contributed by atoms with Gasteiger partial charge in [0, 0.05) is 41.0 Å². The molecule has 0 unspecified atom stereocenters. The Kier molecular flexibility index (Phi) is 4.45. The molecule has 3 aliphatic rings. The lowest BCUT2D eigenvalue weighted by atomic mass is 9.86. The third-order valence-electron chi connectivity index (χ3n) is 5.39. The summed E-state index contributed by atoms with van der Waals surface area (Å²) in [7, 11) is 0. The van der Waals surface area contributed by atoms with Crippen LogP contribution in [0.1, 0.15) is 47.9 Å². The standard InChI is InChI=1S/C20H22O5S/c1-11-10-13(18(23)16-14(21)4-3-5-15(16)22)12(2)17-19(11)26-9-6-20(17)24-7-8-25-20/h10,23H,3-9H2,1-2H3. The number of fused-ring (bicyclic) bond motifs is 2. The van der Waals surface area contributed by atoms with E-state index < -0.39 is 5.79 Å². The van der Waals surface area contributed by atoms with E-state index in [9.17, 15) is 14.7 Å². The summed E-state index contributed by atoms with van der Waals surface area (Å²) in [6, 6.07) is 1.87. The molecule has 0 aromatic heterocycles. The van der Waals surface area contributed by atoms with Crippen LogP contribution in [-0.4, -0.2) is 35.6 Å². The maximum absolute atomic E-state index is 12.3. The minimum atomic E-state index is -0.781. The zero-order valence-corrected chi connectivity index (χ0v) is 15.8. The van der Waals surface area contributed by atoms with Crippen LogP contribution in [0, 0.1) is 13.8 Å². The van der Waals surface area contributed by atoms with Crippen molar-refractivity contribution in [1.82, 2.24) is 0 Å². The topological polar surface area (TPSA) is 72.8 Å². The highest BCUT2D eigenvalue weighted by Crippen LogP contribution is 2.49. The van der Waals surface area contributed by atoms with E-state index in [1.54, 1.807) is 11.8 Å². The van der Waals surface area contributed by atoms with Gasteiger partial charge in [-0.25, -0.2) is 0 Å². The quantitative estimate of drug-likeness (QED) is 0.460. The van der Waals surface area contributed by atoms with Crippen molar-refractivity contribution in [3.05, 3.63) is 33.9 Å². The number of carbonyl (C=O) groups is 2. The minimum absolute atomic E-state index is 0.0514. The lowest BCUT2D eigenvalue weighted by Gasteiger charge is -2.36. The van der Waals surface area contributed by atoms with Gasteiger partial charge in [-0.1, -0.05) is 0 Å². The van der Waals surface area contributed by atoms with Gasteiger partial charge in [-0.15, -0.1) is 11.8 Å². The summed E-state index contributed by atoms with van der Waals surface area (Å²) in [5.74, 6) is -0.628. The third-order valence-corrected chi connectivity index (χ3v) is 6.62. The SMILES string of the molecule is Cc1cc(C(O)=C2C(=O)CCCC2=O)c(C)c2c1SCCC21OCCO1. The van der Waals surface area contributed by atoms with E-state index in [-0.39, 0.29) is 22.9 Å². The van der Waals surface area contributed by atoms with Crippen LogP contribution >= 0.6 is 11.8 Å². The number of hydrogen-bond acceptors (Lipinski definition) is 6. The number of thioether (sulfide) groups is 1. The van der Waals surface area contributed by atoms with E-state index in [1.807, 2.05) is 19.9 Å². The highest BCUT2D eigenvalue weighted by molar-refractivity contribution is 7.99. The Bertz CT molecular complexity index is 815. The van der Waals surface area contributed by atoms with Crippen molar-refractivity contribution in [2.24, 2.45) is 0 Å². The van der Waals surface area contributed by atoms with Gasteiger partial charge in [-0.05, 0) is 37.5 Å². The molecule has 138 valence electrons. The van der Waals surface area contributed by atoms with Crippen LogP contribution in [0.15, 0.2) is 16.5 Å². The Balaban J connectivity index is 1.93. The van der Waals surface area contributed by atoms with Gasteiger partial charge in [-0.3, -0.25) is 9.59 Å². The lowest BCUT2D eigenvalue weighted by molar-refractivity contribution is -0.170. The average molecular weight is 374 g/mol. The van der Waals surface area contributed by atoms with Gasteiger partial charge in [0.2, 0.25) is 0 Å². The fraction of sp³-hybridized carbons (Fsp3) is 0.500. The first kappa shape index (κ1) is 17.8. The van der Waals surface area contributed by atoms with Crippen LogP contribution in [0.3, 0.4) is 0 Å². The highest BCUT2D eigenvalue weighted by Gasteiger charge is 2.45. The maximum atomic E-state index is 12.3. The summed E-state index contributed by atoms with van der Waals surface area (Å²) in [6.45, 7) is 4.96. The molecular formula is C20H22O5S. The molecule has 2 aliphatic heterocycles. The number of Topliss-reactive ketones (excluding diaryl/α,β-unsaturated/α-hetero) is 2. The molecule has 1 saturated carbocycles. The van der Waals surface area contributed by atoms with Gasteiger partial charge in [-0.2, -0.15) is 0 Å². The summed E-state index contributed by atoms with van der Waals surface area (Å²) in [5, 5.41) is 10.9. The summed E-state index contributed by atoms with van der Waals surface area (Å²) in [5.41, 5.74) is 3.22. The molecule has 1 spiro atoms. The molecular weight excluding hydrogens is 352 g/mol. The third kappa shape index (κ3) is 2.63. The number of ketones is 2. The molecule has 26 heavy (non-hydrogen) atoms. The van der Waals surface area contributed by atoms with Crippen LogP contribution in [-0.2, 0) is 24.8 Å². The molecule has 1 saturated heterocycles. The molecule has 0 atom stereocenters. The molecule has 0 radical (unpaired) electrons. The first-order valence-electron chi connectivity index (χ1n) is 9.00. The van der Waals surface area contributed by atoms with Crippen molar-refractivity contribution in [1.29, 1.82) is 0 Å². The minimum Gasteiger partial charge on any atom is -0.506 e. The van der Waals surface area contributed by atoms with Crippen LogP contribution in [0.25, 0.3) is 5.76 Å². The van der Waals surface area contributed by atoms with Crippen molar-refractivity contribution < 1.29 is 24.2 Å². The van der Waals surface area contributed by atoms with Crippen molar-refractivity contribution in [2.75, 3.05) is 19.0 Å². The number of ether oxygens (including phenoxy) is 2. The van der Waals surface area contributed by atoms with E-state index in [0.29, 0.717) is 38.0 Å². The van der Waals surface area contributed by atoms with Crippen LogP contribution in [0.4, 0.5) is 0 Å². The normalized spacial score (nSPS) is 22.0. The lowest BCUT2D eigenvalue weighted by Crippen LogP contribution is -2.33. The summed E-state index contributed by atoms with van der Waals surface area (Å²) in [6.07, 6.45) is 1.90. The number of aryl methyl sites for hydroxylation is 1. The zero-order chi connectivity index (χ0) is 18.5. The van der Waals surface area contributed by atoms with Gasteiger partial charge < -0.3 is 14.6 Å². The van der Waals surface area contributed by atoms with Crippen molar-refractivity contribution in [3.8, 4) is 0 Å².